The molecule has 4 nitrogen and oxygen atoms in total. The van der Waals surface area contributed by atoms with Gasteiger partial charge in [-0.15, -0.1) is 0 Å². The maximum absolute atomic E-state index is 12.4. The van der Waals surface area contributed by atoms with Gasteiger partial charge in [-0.05, 0) is 37.0 Å². The Hall–Kier alpha value is -1.26. The molecule has 2 aliphatic rings. The third-order valence-corrected chi connectivity index (χ3v) is 4.85. The van der Waals surface area contributed by atoms with E-state index in [1.807, 2.05) is 29.2 Å². The third-order valence-electron chi connectivity index (χ3n) is 4.61. The molecule has 1 aromatic carbocycles. The smallest absolute Gasteiger partial charge is 0.222 e. The molecule has 1 aromatic rings. The van der Waals surface area contributed by atoms with Gasteiger partial charge in [0.05, 0.1) is 0 Å². The van der Waals surface area contributed by atoms with E-state index in [1.54, 1.807) is 0 Å². The first-order valence-electron chi connectivity index (χ1n) is 8.48. The van der Waals surface area contributed by atoms with Crippen LogP contribution in [0.1, 0.15) is 32.1 Å². The highest BCUT2D eigenvalue weighted by Gasteiger charge is 2.26. The Morgan fingerprint density at radius 2 is 2.13 bits per heavy atom. The first-order chi connectivity index (χ1) is 11.2. The lowest BCUT2D eigenvalue weighted by molar-refractivity contribution is -0.135. The van der Waals surface area contributed by atoms with E-state index in [-0.39, 0.29) is 12.0 Å². The van der Waals surface area contributed by atoms with Crippen LogP contribution in [0.5, 0.6) is 5.75 Å². The number of nitrogens with zero attached hydrogens (tertiary/aromatic N) is 1. The summed E-state index contributed by atoms with van der Waals surface area (Å²) in [6.07, 6.45) is 4.72. The lowest BCUT2D eigenvalue weighted by Gasteiger charge is -2.33. The lowest BCUT2D eigenvalue weighted by Crippen LogP contribution is -2.42. The largest absolute Gasteiger partial charge is 0.490 e. The van der Waals surface area contributed by atoms with Crippen molar-refractivity contribution in [3.63, 3.8) is 0 Å². The molecule has 2 heterocycles. The molecule has 1 unspecified atom stereocenters. The summed E-state index contributed by atoms with van der Waals surface area (Å²) in [5.41, 5.74) is 0. The van der Waals surface area contributed by atoms with Gasteiger partial charge in [0.15, 0.2) is 0 Å². The minimum atomic E-state index is 0.163. The monoisotopic (exact) mass is 337 g/mol. The minimum absolute atomic E-state index is 0.163. The second-order valence-corrected chi connectivity index (χ2v) is 6.88. The predicted octanol–water partition coefficient (Wildman–Crippen LogP) is 3.53. The molecule has 0 bridgehead atoms. The molecule has 0 aromatic heterocycles. The summed E-state index contributed by atoms with van der Waals surface area (Å²) >= 11 is 5.98. The molecular weight excluding hydrogens is 314 g/mol. The molecule has 5 heteroatoms. The van der Waals surface area contributed by atoms with Crippen LogP contribution in [0.2, 0.25) is 5.02 Å². The second-order valence-electron chi connectivity index (χ2n) is 6.44. The number of amides is 1. The quantitative estimate of drug-likeness (QED) is 0.843. The van der Waals surface area contributed by atoms with E-state index in [0.29, 0.717) is 17.4 Å². The molecule has 2 aliphatic heterocycles. The number of likely N-dealkylation sites (tertiary alicyclic amines) is 1. The van der Waals surface area contributed by atoms with Crippen molar-refractivity contribution < 1.29 is 14.3 Å². The van der Waals surface area contributed by atoms with Gasteiger partial charge in [0.25, 0.3) is 0 Å². The highest BCUT2D eigenvalue weighted by atomic mass is 35.5. The lowest BCUT2D eigenvalue weighted by atomic mass is 9.97. The molecule has 0 N–H and O–H groups in total. The van der Waals surface area contributed by atoms with Crippen molar-refractivity contribution in [2.75, 3.05) is 26.3 Å². The van der Waals surface area contributed by atoms with Crippen LogP contribution in [0.3, 0.4) is 0 Å². The van der Waals surface area contributed by atoms with Crippen molar-refractivity contribution in [1.82, 2.24) is 4.90 Å². The van der Waals surface area contributed by atoms with E-state index >= 15 is 0 Å². The fourth-order valence-corrected chi connectivity index (χ4v) is 3.48. The maximum atomic E-state index is 12.4. The average molecular weight is 338 g/mol. The third kappa shape index (κ3) is 4.85. The zero-order chi connectivity index (χ0) is 16.1. The van der Waals surface area contributed by atoms with Crippen molar-refractivity contribution in [3.05, 3.63) is 29.3 Å². The van der Waals surface area contributed by atoms with E-state index in [0.717, 1.165) is 57.7 Å². The first-order valence-corrected chi connectivity index (χ1v) is 8.86. The molecule has 1 amide bonds. The van der Waals surface area contributed by atoms with Gasteiger partial charge in [-0.25, -0.2) is 0 Å². The van der Waals surface area contributed by atoms with Crippen molar-refractivity contribution in [1.29, 1.82) is 0 Å². The van der Waals surface area contributed by atoms with Crippen LogP contribution in [-0.2, 0) is 9.53 Å². The Morgan fingerprint density at radius 3 is 2.83 bits per heavy atom. The molecule has 2 fully saturated rings. The molecule has 23 heavy (non-hydrogen) atoms. The Balaban J connectivity index is 1.43. The normalized spacial score (nSPS) is 22.8. The fourth-order valence-electron chi connectivity index (χ4n) is 3.30. The molecule has 126 valence electrons. The van der Waals surface area contributed by atoms with Gasteiger partial charge in [-0.2, -0.15) is 0 Å². The van der Waals surface area contributed by atoms with Crippen LogP contribution in [0.25, 0.3) is 0 Å². The number of hydrogen-bond donors (Lipinski definition) is 0. The summed E-state index contributed by atoms with van der Waals surface area (Å²) in [7, 11) is 0. The van der Waals surface area contributed by atoms with Gasteiger partial charge in [0.1, 0.15) is 11.9 Å². The van der Waals surface area contributed by atoms with Gasteiger partial charge >= 0.3 is 0 Å². The highest BCUT2D eigenvalue weighted by Crippen LogP contribution is 2.23. The predicted molar refractivity (Wildman–Crippen MR) is 89.8 cm³/mol. The van der Waals surface area contributed by atoms with Crippen LogP contribution < -0.4 is 4.74 Å². The highest BCUT2D eigenvalue weighted by molar-refractivity contribution is 6.30. The summed E-state index contributed by atoms with van der Waals surface area (Å²) in [6, 6.07) is 7.49. The Labute approximate surface area is 142 Å². The standard InChI is InChI=1S/C18H24ClNO3/c19-15-4-1-5-17(12-15)23-16-6-8-20(9-7-16)18(21)11-14-3-2-10-22-13-14/h1,4-5,12,14,16H,2-3,6-11,13H2. The van der Waals surface area contributed by atoms with E-state index in [1.165, 1.54) is 0 Å². The number of hydrogen-bond acceptors (Lipinski definition) is 3. The Morgan fingerprint density at radius 1 is 1.30 bits per heavy atom. The second kappa shape index (κ2) is 8.02. The summed E-state index contributed by atoms with van der Waals surface area (Å²) in [4.78, 5) is 14.4. The Kier molecular flexibility index (Phi) is 5.79. The van der Waals surface area contributed by atoms with Crippen molar-refractivity contribution in [2.45, 2.75) is 38.2 Å². The molecule has 0 aliphatic carbocycles. The van der Waals surface area contributed by atoms with Crippen LogP contribution in [0, 0.1) is 5.92 Å². The number of carbonyl (C=O) groups is 1. The molecule has 2 saturated heterocycles. The van der Waals surface area contributed by atoms with Gasteiger partial charge in [-0.3, -0.25) is 4.79 Å². The van der Waals surface area contributed by atoms with E-state index < -0.39 is 0 Å². The molecule has 1 atom stereocenters. The van der Waals surface area contributed by atoms with Gasteiger partial charge in [-0.1, -0.05) is 17.7 Å². The van der Waals surface area contributed by atoms with Crippen LogP contribution in [0.4, 0.5) is 0 Å². The number of halogens is 1. The molecule has 0 radical (unpaired) electrons. The Bertz CT molecular complexity index is 523. The van der Waals surface area contributed by atoms with Gasteiger partial charge in [0, 0.05) is 50.6 Å². The zero-order valence-corrected chi connectivity index (χ0v) is 14.1. The summed E-state index contributed by atoms with van der Waals surface area (Å²) in [5, 5.41) is 0.685. The average Bonchev–Trinajstić information content (AvgIpc) is 2.56. The molecule has 3 rings (SSSR count). The summed E-state index contributed by atoms with van der Waals surface area (Å²) < 4.78 is 11.4. The summed E-state index contributed by atoms with van der Waals surface area (Å²) in [6.45, 7) is 3.13. The number of benzene rings is 1. The van der Waals surface area contributed by atoms with Gasteiger partial charge < -0.3 is 14.4 Å². The SMILES string of the molecule is O=C(CC1CCCOC1)N1CCC(Oc2cccc(Cl)c2)CC1. The molecule has 0 saturated carbocycles. The van der Waals surface area contributed by atoms with E-state index in [2.05, 4.69) is 0 Å². The first kappa shape index (κ1) is 16.6. The molecular formula is C18H24ClNO3. The van der Waals surface area contributed by atoms with Crippen molar-refractivity contribution in [3.8, 4) is 5.75 Å². The van der Waals surface area contributed by atoms with Crippen molar-refractivity contribution >= 4 is 17.5 Å². The van der Waals surface area contributed by atoms with Crippen LogP contribution >= 0.6 is 11.6 Å². The number of piperidine rings is 1. The van der Waals surface area contributed by atoms with E-state index in [9.17, 15) is 4.79 Å². The number of carbonyl (C=O) groups excluding carboxylic acids is 1. The van der Waals surface area contributed by atoms with Crippen LogP contribution in [0.15, 0.2) is 24.3 Å². The summed E-state index contributed by atoms with van der Waals surface area (Å²) in [5.74, 6) is 1.47. The molecule has 0 spiro atoms. The van der Waals surface area contributed by atoms with Gasteiger partial charge in [0.2, 0.25) is 5.91 Å². The van der Waals surface area contributed by atoms with Crippen molar-refractivity contribution in [2.24, 2.45) is 5.92 Å². The van der Waals surface area contributed by atoms with E-state index in [4.69, 9.17) is 21.1 Å². The number of rotatable bonds is 4. The zero-order valence-electron chi connectivity index (χ0n) is 13.4. The minimum Gasteiger partial charge on any atom is -0.490 e. The number of ether oxygens (including phenoxy) is 2. The topological polar surface area (TPSA) is 38.8 Å². The van der Waals surface area contributed by atoms with Crippen LogP contribution in [-0.4, -0.2) is 43.2 Å². The maximum Gasteiger partial charge on any atom is 0.222 e. The fraction of sp³-hybridized carbons (Fsp3) is 0.611.